The van der Waals surface area contributed by atoms with Crippen LogP contribution in [0.25, 0.3) is 0 Å². The molecule has 1 saturated carbocycles. The van der Waals surface area contributed by atoms with Crippen molar-refractivity contribution in [2.75, 3.05) is 11.5 Å². The Hall–Kier alpha value is -1.09. The number of carbonyl (C=O) groups is 1. The summed E-state index contributed by atoms with van der Waals surface area (Å²) in [4.78, 5) is 10.7. The van der Waals surface area contributed by atoms with E-state index in [-0.39, 0.29) is 11.5 Å². The van der Waals surface area contributed by atoms with E-state index in [1.165, 1.54) is 0 Å². The average Bonchev–Trinajstić information content (AvgIpc) is 3.09. The van der Waals surface area contributed by atoms with Gasteiger partial charge in [0.15, 0.2) is 15.0 Å². The lowest BCUT2D eigenvalue weighted by atomic mass is 10.2. The summed E-state index contributed by atoms with van der Waals surface area (Å²) in [6.45, 7) is 0.350. The number of carboxylic acids is 1. The monoisotopic (exact) mass is 331 g/mol. The Labute approximate surface area is 127 Å². The normalized spacial score (nSPS) is 24.3. The molecule has 2 fully saturated rings. The number of nitrogens with zero attached hydrogens (tertiary/aromatic N) is 3. The Morgan fingerprint density at radius 3 is 2.67 bits per heavy atom. The maximum atomic E-state index is 12.0. The molecule has 1 aliphatic carbocycles. The highest BCUT2D eigenvalue weighted by molar-refractivity contribution is 7.99. The molecule has 0 radical (unpaired) electrons. The molecule has 2 heterocycles. The van der Waals surface area contributed by atoms with E-state index >= 15 is 0 Å². The minimum absolute atomic E-state index is 0.0970. The lowest BCUT2D eigenvalue weighted by molar-refractivity contribution is -0.133. The molecule has 7 nitrogen and oxygen atoms in total. The van der Waals surface area contributed by atoms with Crippen LogP contribution in [0.15, 0.2) is 5.16 Å². The van der Waals surface area contributed by atoms with Gasteiger partial charge in [-0.25, -0.2) is 8.42 Å². The van der Waals surface area contributed by atoms with Gasteiger partial charge in [-0.3, -0.25) is 4.79 Å². The molecule has 1 N–H and O–H groups in total. The Balaban J connectivity index is 1.84. The van der Waals surface area contributed by atoms with Crippen LogP contribution in [0.2, 0.25) is 0 Å². The zero-order valence-corrected chi connectivity index (χ0v) is 13.1. The second kappa shape index (κ2) is 5.60. The fourth-order valence-corrected chi connectivity index (χ4v) is 5.09. The third kappa shape index (κ3) is 3.23. The number of aliphatic carboxylic acids is 1. The molecule has 9 heteroatoms. The first-order valence-electron chi connectivity index (χ1n) is 6.96. The Morgan fingerprint density at radius 1 is 1.33 bits per heavy atom. The summed E-state index contributed by atoms with van der Waals surface area (Å²) >= 11 is 1.10. The van der Waals surface area contributed by atoms with E-state index < -0.39 is 21.1 Å². The van der Waals surface area contributed by atoms with Crippen molar-refractivity contribution in [1.29, 1.82) is 0 Å². The summed E-state index contributed by atoms with van der Waals surface area (Å²) in [5, 5.41) is 17.1. The summed E-state index contributed by atoms with van der Waals surface area (Å²) in [6, 6.07) is 0. The van der Waals surface area contributed by atoms with Crippen molar-refractivity contribution in [2.24, 2.45) is 0 Å². The quantitative estimate of drug-likeness (QED) is 0.773. The number of carboxylic acid groups (broad SMARTS) is 1. The van der Waals surface area contributed by atoms with Crippen molar-refractivity contribution in [1.82, 2.24) is 14.8 Å². The predicted molar refractivity (Wildman–Crippen MR) is 77.2 cm³/mol. The third-order valence-electron chi connectivity index (χ3n) is 3.86. The van der Waals surface area contributed by atoms with Crippen molar-refractivity contribution in [3.63, 3.8) is 0 Å². The molecule has 1 aliphatic heterocycles. The van der Waals surface area contributed by atoms with Gasteiger partial charge in [-0.2, -0.15) is 0 Å². The predicted octanol–water partition coefficient (Wildman–Crippen LogP) is 0.909. The maximum Gasteiger partial charge on any atom is 0.313 e. The van der Waals surface area contributed by atoms with Gasteiger partial charge in [-0.1, -0.05) is 11.8 Å². The van der Waals surface area contributed by atoms with Gasteiger partial charge in [0, 0.05) is 12.5 Å². The average molecular weight is 331 g/mol. The second-order valence-electron chi connectivity index (χ2n) is 5.54. The summed E-state index contributed by atoms with van der Waals surface area (Å²) in [6.07, 6.45) is 3.44. The van der Waals surface area contributed by atoms with Crippen molar-refractivity contribution in [2.45, 2.75) is 48.6 Å². The molecule has 1 saturated heterocycles. The first-order chi connectivity index (χ1) is 9.97. The number of thioether (sulfide) groups is 1. The van der Waals surface area contributed by atoms with E-state index in [1.807, 2.05) is 4.57 Å². The molecule has 0 aromatic carbocycles. The topological polar surface area (TPSA) is 102 Å². The van der Waals surface area contributed by atoms with Crippen molar-refractivity contribution < 1.29 is 18.3 Å². The Morgan fingerprint density at radius 2 is 2.10 bits per heavy atom. The first kappa shape index (κ1) is 14.8. The van der Waals surface area contributed by atoms with Crippen LogP contribution in [-0.2, 0) is 21.2 Å². The summed E-state index contributed by atoms with van der Waals surface area (Å²) in [5.41, 5.74) is 0. The molecule has 1 unspecified atom stereocenters. The molecule has 116 valence electrons. The van der Waals surface area contributed by atoms with Gasteiger partial charge in [0.05, 0.1) is 16.8 Å². The Bertz CT molecular complexity index is 651. The third-order valence-corrected chi connectivity index (χ3v) is 7.07. The van der Waals surface area contributed by atoms with Gasteiger partial charge in [-0.05, 0) is 25.7 Å². The molecule has 3 rings (SSSR count). The largest absolute Gasteiger partial charge is 0.481 e. The minimum atomic E-state index is -3.04. The Kier molecular flexibility index (Phi) is 3.96. The molecule has 2 aliphatic rings. The van der Waals surface area contributed by atoms with E-state index in [0.29, 0.717) is 30.5 Å². The van der Waals surface area contributed by atoms with Gasteiger partial charge >= 0.3 is 5.97 Å². The highest BCUT2D eigenvalue weighted by Gasteiger charge is 2.36. The molecule has 1 aromatic rings. The maximum absolute atomic E-state index is 12.0. The summed E-state index contributed by atoms with van der Waals surface area (Å²) < 4.78 is 25.8. The molecule has 0 amide bonds. The molecule has 0 spiro atoms. The number of aromatic nitrogens is 3. The van der Waals surface area contributed by atoms with Crippen molar-refractivity contribution in [3.8, 4) is 0 Å². The van der Waals surface area contributed by atoms with Crippen LogP contribution < -0.4 is 0 Å². The van der Waals surface area contributed by atoms with Crippen LogP contribution in [0.4, 0.5) is 0 Å². The lowest BCUT2D eigenvalue weighted by Crippen LogP contribution is -2.23. The molecular weight excluding hydrogens is 314 g/mol. The number of hydrogen-bond donors (Lipinski definition) is 1. The molecule has 1 aromatic heterocycles. The second-order valence-corrected chi connectivity index (χ2v) is 8.88. The van der Waals surface area contributed by atoms with E-state index in [2.05, 4.69) is 10.2 Å². The van der Waals surface area contributed by atoms with Crippen LogP contribution in [0.1, 0.15) is 37.4 Å². The van der Waals surface area contributed by atoms with Crippen LogP contribution in [0, 0.1) is 0 Å². The highest BCUT2D eigenvalue weighted by atomic mass is 32.2. The van der Waals surface area contributed by atoms with E-state index in [4.69, 9.17) is 5.11 Å². The SMILES string of the molecule is O=C(O)CSc1nnc(C2CC2)n1CC1CCCS1(=O)=O. The van der Waals surface area contributed by atoms with Crippen LogP contribution in [0.5, 0.6) is 0 Å². The highest BCUT2D eigenvalue weighted by Crippen LogP contribution is 2.40. The zero-order chi connectivity index (χ0) is 15.0. The van der Waals surface area contributed by atoms with Crippen molar-refractivity contribution in [3.05, 3.63) is 5.82 Å². The fourth-order valence-electron chi connectivity index (χ4n) is 2.62. The van der Waals surface area contributed by atoms with Crippen LogP contribution in [0.3, 0.4) is 0 Å². The molecule has 1 atom stereocenters. The van der Waals surface area contributed by atoms with Crippen LogP contribution >= 0.6 is 11.8 Å². The van der Waals surface area contributed by atoms with Gasteiger partial charge in [0.2, 0.25) is 0 Å². The van der Waals surface area contributed by atoms with Gasteiger partial charge in [-0.15, -0.1) is 10.2 Å². The van der Waals surface area contributed by atoms with E-state index in [0.717, 1.165) is 30.4 Å². The minimum Gasteiger partial charge on any atom is -0.481 e. The molecule has 0 bridgehead atoms. The number of sulfone groups is 1. The number of rotatable bonds is 6. The van der Waals surface area contributed by atoms with Gasteiger partial charge in [0.25, 0.3) is 0 Å². The van der Waals surface area contributed by atoms with E-state index in [9.17, 15) is 13.2 Å². The van der Waals surface area contributed by atoms with Gasteiger partial charge < -0.3 is 9.67 Å². The number of hydrogen-bond acceptors (Lipinski definition) is 6. The zero-order valence-electron chi connectivity index (χ0n) is 11.4. The molecular formula is C12H17N3O4S2. The van der Waals surface area contributed by atoms with Gasteiger partial charge in [0.1, 0.15) is 5.82 Å². The first-order valence-corrected chi connectivity index (χ1v) is 9.67. The summed E-state index contributed by atoms with van der Waals surface area (Å²) in [5.74, 6) is 0.387. The fraction of sp³-hybridized carbons (Fsp3) is 0.750. The smallest absolute Gasteiger partial charge is 0.313 e. The van der Waals surface area contributed by atoms with Crippen molar-refractivity contribution >= 4 is 27.6 Å². The van der Waals surface area contributed by atoms with Crippen LogP contribution in [-0.4, -0.2) is 51.0 Å². The lowest BCUT2D eigenvalue weighted by Gasteiger charge is -2.14. The molecule has 21 heavy (non-hydrogen) atoms. The van der Waals surface area contributed by atoms with E-state index in [1.54, 1.807) is 0 Å². The standard InChI is InChI=1S/C12H17N3O4S2/c16-10(17)7-20-12-14-13-11(8-3-4-8)15(12)6-9-2-1-5-21(9,18)19/h8-9H,1-7H2,(H,16,17). The summed E-state index contributed by atoms with van der Waals surface area (Å²) in [7, 11) is -3.04.